The first-order valence-electron chi connectivity index (χ1n) is 12.0. The lowest BCUT2D eigenvalue weighted by Crippen LogP contribution is -2.40. The van der Waals surface area contributed by atoms with Crippen LogP contribution >= 0.6 is 0 Å². The van der Waals surface area contributed by atoms with Crippen molar-refractivity contribution in [3.8, 4) is 22.6 Å². The second kappa shape index (κ2) is 8.25. The lowest BCUT2D eigenvalue weighted by atomic mass is 9.73. The van der Waals surface area contributed by atoms with E-state index in [9.17, 15) is 4.39 Å². The number of hydrogen-bond donors (Lipinski definition) is 1. The molecule has 1 N–H and O–H groups in total. The highest BCUT2D eigenvalue weighted by atomic mass is 19.1. The molecule has 1 atom stereocenters. The molecule has 6 rings (SSSR count). The summed E-state index contributed by atoms with van der Waals surface area (Å²) in [6.45, 7) is 4.18. The number of aromatic nitrogens is 4. The van der Waals surface area contributed by atoms with Gasteiger partial charge in [0.05, 0.1) is 11.8 Å². The molecule has 1 saturated heterocycles. The van der Waals surface area contributed by atoms with Crippen molar-refractivity contribution in [2.45, 2.75) is 39.0 Å². The van der Waals surface area contributed by atoms with Gasteiger partial charge in [-0.2, -0.15) is 5.10 Å². The Labute approximate surface area is 193 Å². The first-order chi connectivity index (χ1) is 16.2. The lowest BCUT2D eigenvalue weighted by molar-refractivity contribution is 0.184. The van der Waals surface area contributed by atoms with Gasteiger partial charge in [0, 0.05) is 24.3 Å². The molecule has 5 nitrogen and oxygen atoms in total. The first-order valence-corrected chi connectivity index (χ1v) is 12.0. The Morgan fingerprint density at radius 3 is 2.58 bits per heavy atom. The Bertz CT molecular complexity index is 1270. The molecule has 0 bridgehead atoms. The van der Waals surface area contributed by atoms with Crippen LogP contribution in [-0.2, 0) is 0 Å². The molecule has 0 amide bonds. The number of aryl methyl sites for hydroxylation is 1. The van der Waals surface area contributed by atoms with Crippen LogP contribution in [0.25, 0.3) is 33.7 Å². The molecule has 2 aromatic carbocycles. The van der Waals surface area contributed by atoms with Crippen molar-refractivity contribution < 1.29 is 4.39 Å². The minimum absolute atomic E-state index is 0.314. The minimum atomic E-state index is -0.314. The zero-order valence-electron chi connectivity index (χ0n) is 18.9. The van der Waals surface area contributed by atoms with Gasteiger partial charge in [-0.25, -0.2) is 14.4 Å². The predicted molar refractivity (Wildman–Crippen MR) is 130 cm³/mol. The number of nitrogens with zero attached hydrogens (tertiary/aromatic N) is 4. The van der Waals surface area contributed by atoms with E-state index < -0.39 is 0 Å². The number of piperidine rings is 1. The predicted octanol–water partition coefficient (Wildman–Crippen LogP) is 6.15. The third-order valence-electron chi connectivity index (χ3n) is 7.53. The third-order valence-corrected chi connectivity index (χ3v) is 7.53. The second-order valence-electron chi connectivity index (χ2n) is 9.55. The van der Waals surface area contributed by atoms with Crippen LogP contribution in [0.5, 0.6) is 0 Å². The third kappa shape index (κ3) is 3.67. The molecule has 1 saturated carbocycles. The van der Waals surface area contributed by atoms with E-state index in [2.05, 4.69) is 44.3 Å². The maximum Gasteiger partial charge on any atom is 0.163 e. The number of nitrogens with one attached hydrogen (secondary N) is 1. The van der Waals surface area contributed by atoms with Crippen molar-refractivity contribution in [3.05, 3.63) is 60.0 Å². The summed E-state index contributed by atoms with van der Waals surface area (Å²) >= 11 is 0. The van der Waals surface area contributed by atoms with Gasteiger partial charge < -0.3 is 4.90 Å². The zero-order valence-corrected chi connectivity index (χ0v) is 18.9. The van der Waals surface area contributed by atoms with E-state index in [4.69, 9.17) is 4.98 Å². The number of anilines is 1. The van der Waals surface area contributed by atoms with E-state index in [1.165, 1.54) is 50.4 Å². The van der Waals surface area contributed by atoms with Crippen LogP contribution in [0, 0.1) is 24.6 Å². The van der Waals surface area contributed by atoms with Gasteiger partial charge in [0.2, 0.25) is 0 Å². The SMILES string of the molecule is Cc1cccc(F)c1-c1ncc2[nH]nc(-c3ccc(N4CCCC(C5CCC5)C4)cc3)c2n1. The second-order valence-corrected chi connectivity index (χ2v) is 9.55. The van der Waals surface area contributed by atoms with Crippen molar-refractivity contribution in [1.29, 1.82) is 0 Å². The molecule has 33 heavy (non-hydrogen) atoms. The molecule has 0 spiro atoms. The Morgan fingerprint density at radius 1 is 1.00 bits per heavy atom. The van der Waals surface area contributed by atoms with Gasteiger partial charge in [-0.3, -0.25) is 5.10 Å². The van der Waals surface area contributed by atoms with Crippen LogP contribution in [0.3, 0.4) is 0 Å². The van der Waals surface area contributed by atoms with Crippen molar-refractivity contribution in [2.24, 2.45) is 11.8 Å². The minimum Gasteiger partial charge on any atom is -0.371 e. The van der Waals surface area contributed by atoms with Crippen molar-refractivity contribution in [2.75, 3.05) is 18.0 Å². The van der Waals surface area contributed by atoms with Crippen LogP contribution in [-0.4, -0.2) is 33.3 Å². The molecule has 2 fully saturated rings. The first kappa shape index (κ1) is 20.3. The number of benzene rings is 2. The summed E-state index contributed by atoms with van der Waals surface area (Å²) in [6, 6.07) is 13.7. The number of halogens is 1. The molecule has 0 radical (unpaired) electrons. The summed E-state index contributed by atoms with van der Waals surface area (Å²) in [4.78, 5) is 11.6. The fraction of sp³-hybridized carbons (Fsp3) is 0.370. The van der Waals surface area contributed by atoms with E-state index >= 15 is 0 Å². The summed E-state index contributed by atoms with van der Waals surface area (Å²) in [5, 5.41) is 7.53. The number of hydrogen-bond acceptors (Lipinski definition) is 4. The Morgan fingerprint density at radius 2 is 1.82 bits per heavy atom. The average molecular weight is 442 g/mol. The Kier molecular flexibility index (Phi) is 5.08. The fourth-order valence-corrected chi connectivity index (χ4v) is 5.42. The van der Waals surface area contributed by atoms with Crippen LogP contribution < -0.4 is 4.90 Å². The summed E-state index contributed by atoms with van der Waals surface area (Å²) in [6.07, 6.45) is 8.59. The molecule has 1 unspecified atom stereocenters. The molecular weight excluding hydrogens is 413 g/mol. The lowest BCUT2D eigenvalue weighted by Gasteiger charge is -2.41. The van der Waals surface area contributed by atoms with Gasteiger partial charge in [0.1, 0.15) is 22.5 Å². The molecule has 168 valence electrons. The number of H-pyrrole nitrogens is 1. The van der Waals surface area contributed by atoms with Gasteiger partial charge in [0.15, 0.2) is 5.82 Å². The van der Waals surface area contributed by atoms with Gasteiger partial charge in [-0.1, -0.05) is 43.5 Å². The average Bonchev–Trinajstić information content (AvgIpc) is 3.22. The number of rotatable bonds is 4. The summed E-state index contributed by atoms with van der Waals surface area (Å²) < 4.78 is 14.5. The number of fused-ring (bicyclic) bond motifs is 1. The summed E-state index contributed by atoms with van der Waals surface area (Å²) in [7, 11) is 0. The summed E-state index contributed by atoms with van der Waals surface area (Å²) in [5.41, 5.74) is 5.73. The van der Waals surface area contributed by atoms with E-state index in [0.29, 0.717) is 16.9 Å². The zero-order chi connectivity index (χ0) is 22.4. The van der Waals surface area contributed by atoms with E-state index in [0.717, 1.165) is 40.7 Å². The van der Waals surface area contributed by atoms with E-state index in [1.807, 2.05) is 13.0 Å². The van der Waals surface area contributed by atoms with Gasteiger partial charge in [0.25, 0.3) is 0 Å². The standard InChI is InChI=1S/C27H28FN5/c1-17-5-2-9-22(28)24(17)27-29-15-23-26(30-27)25(32-31-23)19-10-12-21(13-11-19)33-14-4-8-20(16-33)18-6-3-7-18/h2,5,9-13,15,18,20H,3-4,6-8,14,16H2,1H3,(H,31,32). The molecule has 2 aliphatic rings. The van der Waals surface area contributed by atoms with Crippen LogP contribution in [0.15, 0.2) is 48.7 Å². The van der Waals surface area contributed by atoms with Crippen LogP contribution in [0.2, 0.25) is 0 Å². The van der Waals surface area contributed by atoms with Crippen LogP contribution in [0.1, 0.15) is 37.7 Å². The molecular formula is C27H28FN5. The van der Waals surface area contributed by atoms with E-state index in [1.54, 1.807) is 12.3 Å². The van der Waals surface area contributed by atoms with Crippen molar-refractivity contribution >= 4 is 16.7 Å². The van der Waals surface area contributed by atoms with Crippen LogP contribution in [0.4, 0.5) is 10.1 Å². The smallest absolute Gasteiger partial charge is 0.163 e. The largest absolute Gasteiger partial charge is 0.371 e. The monoisotopic (exact) mass is 441 g/mol. The highest BCUT2D eigenvalue weighted by Gasteiger charge is 2.31. The summed E-state index contributed by atoms with van der Waals surface area (Å²) in [5.74, 6) is 1.85. The molecule has 2 aromatic heterocycles. The van der Waals surface area contributed by atoms with Gasteiger partial charge >= 0.3 is 0 Å². The maximum atomic E-state index is 14.5. The van der Waals surface area contributed by atoms with E-state index in [-0.39, 0.29) is 5.82 Å². The Balaban J connectivity index is 1.30. The molecule has 3 heterocycles. The normalized spacial score (nSPS) is 19.1. The highest BCUT2D eigenvalue weighted by Crippen LogP contribution is 2.39. The Hall–Kier alpha value is -3.28. The van der Waals surface area contributed by atoms with Gasteiger partial charge in [-0.05, 0) is 55.4 Å². The topological polar surface area (TPSA) is 57.7 Å². The molecule has 4 aromatic rings. The van der Waals surface area contributed by atoms with Gasteiger partial charge in [-0.15, -0.1) is 0 Å². The number of aromatic amines is 1. The quantitative estimate of drug-likeness (QED) is 0.413. The van der Waals surface area contributed by atoms with Crippen molar-refractivity contribution in [3.63, 3.8) is 0 Å². The molecule has 1 aliphatic carbocycles. The highest BCUT2D eigenvalue weighted by molar-refractivity contribution is 5.90. The maximum absolute atomic E-state index is 14.5. The molecule has 6 heteroatoms. The van der Waals surface area contributed by atoms with Crippen molar-refractivity contribution in [1.82, 2.24) is 20.2 Å². The fourth-order valence-electron chi connectivity index (χ4n) is 5.42. The molecule has 1 aliphatic heterocycles.